The third-order valence-electron chi connectivity index (χ3n) is 7.24. The van der Waals surface area contributed by atoms with Gasteiger partial charge >= 0.3 is 11.9 Å². The van der Waals surface area contributed by atoms with Crippen LogP contribution in [0.3, 0.4) is 0 Å². The van der Waals surface area contributed by atoms with E-state index in [1.165, 1.54) is 0 Å². The van der Waals surface area contributed by atoms with Crippen molar-refractivity contribution in [2.45, 2.75) is 58.8 Å². The summed E-state index contributed by atoms with van der Waals surface area (Å²) in [6.07, 6.45) is 1.41. The third-order valence-corrected chi connectivity index (χ3v) is 7.24. The molecule has 2 saturated carbocycles. The molecule has 0 unspecified atom stereocenters. The summed E-state index contributed by atoms with van der Waals surface area (Å²) in [6.45, 7) is 10.3. The second-order valence-corrected chi connectivity index (χ2v) is 8.43. The maximum atomic E-state index is 12.5. The van der Waals surface area contributed by atoms with Crippen LogP contribution in [0.1, 0.15) is 47.5 Å². The number of cyclic esters (lactones) is 2. The average Bonchev–Trinajstić information content (AvgIpc) is 2.70. The molecule has 0 aromatic carbocycles. The minimum Gasteiger partial charge on any atom is -0.465 e. The monoisotopic (exact) mass is 308 g/mol. The van der Waals surface area contributed by atoms with Gasteiger partial charge in [-0.3, -0.25) is 9.59 Å². The number of carbonyl (C=O) groups excluding carboxylic acids is 2. The zero-order chi connectivity index (χ0) is 16.1. The lowest BCUT2D eigenvalue weighted by molar-refractivity contribution is -0.409. The van der Waals surface area contributed by atoms with Crippen LogP contribution < -0.4 is 0 Å². The number of hydrogen-bond acceptors (Lipinski definition) is 5. The number of hydrogen-bond donors (Lipinski definition) is 0. The number of carbonyl (C=O) groups is 2. The Morgan fingerprint density at radius 2 is 1.77 bits per heavy atom. The summed E-state index contributed by atoms with van der Waals surface area (Å²) in [5, 5.41) is 0. The zero-order valence-corrected chi connectivity index (χ0v) is 13.9. The third kappa shape index (κ3) is 1.28. The number of fused-ring (bicyclic) bond motifs is 2. The summed E-state index contributed by atoms with van der Waals surface area (Å²) in [4.78, 5) is 24.8. The van der Waals surface area contributed by atoms with Gasteiger partial charge in [-0.1, -0.05) is 13.8 Å². The van der Waals surface area contributed by atoms with Crippen molar-refractivity contribution in [2.24, 2.45) is 28.6 Å². The molecule has 1 spiro atoms. The molecule has 22 heavy (non-hydrogen) atoms. The predicted molar refractivity (Wildman–Crippen MR) is 76.5 cm³/mol. The van der Waals surface area contributed by atoms with E-state index in [9.17, 15) is 9.59 Å². The van der Waals surface area contributed by atoms with E-state index in [4.69, 9.17) is 14.2 Å². The van der Waals surface area contributed by atoms with Gasteiger partial charge in [0.1, 0.15) is 0 Å². The van der Waals surface area contributed by atoms with Crippen LogP contribution in [0, 0.1) is 28.6 Å². The minimum absolute atomic E-state index is 0.0919. The van der Waals surface area contributed by atoms with Crippen LogP contribution in [-0.4, -0.2) is 29.9 Å². The predicted octanol–water partition coefficient (Wildman–Crippen LogP) is 2.28. The van der Waals surface area contributed by atoms with Gasteiger partial charge in [0.2, 0.25) is 5.79 Å². The lowest BCUT2D eigenvalue weighted by Gasteiger charge is -2.74. The molecule has 6 atom stereocenters. The molecule has 0 aromatic rings. The van der Waals surface area contributed by atoms with Gasteiger partial charge in [0.25, 0.3) is 0 Å². The van der Waals surface area contributed by atoms with Crippen molar-refractivity contribution >= 4 is 11.9 Å². The highest BCUT2D eigenvalue weighted by Gasteiger charge is 2.81. The number of ether oxygens (including phenoxy) is 3. The van der Waals surface area contributed by atoms with E-state index >= 15 is 0 Å². The van der Waals surface area contributed by atoms with Gasteiger partial charge in [0.05, 0.1) is 23.5 Å². The Morgan fingerprint density at radius 3 is 2.45 bits per heavy atom. The van der Waals surface area contributed by atoms with Gasteiger partial charge in [0, 0.05) is 25.2 Å². The van der Waals surface area contributed by atoms with Gasteiger partial charge in [-0.15, -0.1) is 0 Å². The summed E-state index contributed by atoms with van der Waals surface area (Å²) >= 11 is 0. The summed E-state index contributed by atoms with van der Waals surface area (Å²) < 4.78 is 17.3. The maximum Gasteiger partial charge on any atom is 0.314 e. The Bertz CT molecular complexity index is 584. The molecule has 2 aliphatic heterocycles. The maximum absolute atomic E-state index is 12.5. The molecule has 0 N–H and O–H groups in total. The van der Waals surface area contributed by atoms with Crippen molar-refractivity contribution in [1.82, 2.24) is 0 Å². The van der Waals surface area contributed by atoms with Crippen LogP contribution in [0.5, 0.6) is 0 Å². The Hall–Kier alpha value is -1.10. The van der Waals surface area contributed by atoms with Crippen molar-refractivity contribution in [3.05, 3.63) is 0 Å². The average molecular weight is 308 g/mol. The van der Waals surface area contributed by atoms with Crippen LogP contribution in [0.15, 0.2) is 0 Å². The van der Waals surface area contributed by atoms with E-state index < -0.39 is 16.8 Å². The Balaban J connectivity index is 1.83. The fourth-order valence-corrected chi connectivity index (χ4v) is 6.00. The molecule has 4 fully saturated rings. The van der Waals surface area contributed by atoms with Gasteiger partial charge in [-0.2, -0.15) is 0 Å². The Kier molecular flexibility index (Phi) is 2.43. The normalized spacial score (nSPS) is 55.2. The van der Waals surface area contributed by atoms with Crippen LogP contribution in [-0.2, 0) is 23.8 Å². The molecule has 5 heteroatoms. The van der Waals surface area contributed by atoms with Crippen LogP contribution >= 0.6 is 0 Å². The first-order chi connectivity index (χ1) is 10.1. The van der Waals surface area contributed by atoms with Crippen LogP contribution in [0.4, 0.5) is 0 Å². The Morgan fingerprint density at radius 1 is 1.09 bits per heavy atom. The summed E-state index contributed by atoms with van der Waals surface area (Å²) in [7, 11) is 0. The van der Waals surface area contributed by atoms with Gasteiger partial charge in [-0.05, 0) is 25.7 Å². The fraction of sp³-hybridized carbons (Fsp3) is 0.882. The summed E-state index contributed by atoms with van der Waals surface area (Å²) in [6, 6.07) is 0. The van der Waals surface area contributed by atoms with Crippen molar-refractivity contribution in [3.63, 3.8) is 0 Å². The molecule has 122 valence electrons. The smallest absolute Gasteiger partial charge is 0.314 e. The molecule has 0 aromatic heterocycles. The highest BCUT2D eigenvalue weighted by molar-refractivity contribution is 5.82. The van der Waals surface area contributed by atoms with Crippen LogP contribution in [0.25, 0.3) is 0 Å². The second kappa shape index (κ2) is 3.69. The molecule has 0 bridgehead atoms. The topological polar surface area (TPSA) is 61.8 Å². The summed E-state index contributed by atoms with van der Waals surface area (Å²) in [5.41, 5.74) is -1.22. The fourth-order valence-electron chi connectivity index (χ4n) is 6.00. The minimum atomic E-state index is -0.911. The van der Waals surface area contributed by atoms with E-state index in [1.807, 2.05) is 6.92 Å². The van der Waals surface area contributed by atoms with E-state index in [1.54, 1.807) is 13.8 Å². The molecule has 4 rings (SSSR count). The first-order valence-corrected chi connectivity index (χ1v) is 8.19. The van der Waals surface area contributed by atoms with E-state index in [0.717, 1.165) is 0 Å². The molecule has 0 radical (unpaired) electrons. The molecule has 0 amide bonds. The first kappa shape index (κ1) is 14.5. The molecule has 4 aliphatic rings. The van der Waals surface area contributed by atoms with Gasteiger partial charge in [0.15, 0.2) is 0 Å². The van der Waals surface area contributed by atoms with Crippen molar-refractivity contribution < 1.29 is 23.8 Å². The second-order valence-electron chi connectivity index (χ2n) is 8.43. The quantitative estimate of drug-likeness (QED) is 0.643. The number of rotatable bonds is 0. The van der Waals surface area contributed by atoms with Gasteiger partial charge in [-0.25, -0.2) is 0 Å². The van der Waals surface area contributed by atoms with E-state index in [0.29, 0.717) is 19.4 Å². The molecule has 5 nitrogen and oxygen atoms in total. The molecule has 2 saturated heterocycles. The van der Waals surface area contributed by atoms with Gasteiger partial charge < -0.3 is 14.2 Å². The van der Waals surface area contributed by atoms with E-state index in [2.05, 4.69) is 13.8 Å². The SMILES string of the molecule is C[C@@H]1[C@@H]2C(=O)OC(C)(C)O[C@@]23CC[C@]2(C)C(=O)OC[C@@H]2[C@@]13C. The van der Waals surface area contributed by atoms with Crippen LogP contribution in [0.2, 0.25) is 0 Å². The Labute approximate surface area is 130 Å². The lowest BCUT2D eigenvalue weighted by Crippen LogP contribution is -2.81. The molecular weight excluding hydrogens is 284 g/mol. The summed E-state index contributed by atoms with van der Waals surface area (Å²) in [5.74, 6) is -1.18. The lowest BCUT2D eigenvalue weighted by atomic mass is 9.34. The number of esters is 2. The van der Waals surface area contributed by atoms with Crippen molar-refractivity contribution in [2.75, 3.05) is 6.61 Å². The van der Waals surface area contributed by atoms with E-state index in [-0.39, 0.29) is 35.1 Å². The molecular formula is C17H24O5. The van der Waals surface area contributed by atoms with Crippen molar-refractivity contribution in [3.8, 4) is 0 Å². The van der Waals surface area contributed by atoms with Crippen molar-refractivity contribution in [1.29, 1.82) is 0 Å². The first-order valence-electron chi connectivity index (χ1n) is 8.19. The zero-order valence-electron chi connectivity index (χ0n) is 13.9. The highest BCUT2D eigenvalue weighted by atomic mass is 16.7. The molecule has 2 heterocycles. The largest absolute Gasteiger partial charge is 0.465 e. The standard InChI is InChI=1S/C17H24O5/c1-9-11-12(18)21-14(2,3)22-17(11)7-6-15(4)10(16(9,17)5)8-20-13(15)19/h9-11H,6-8H2,1-5H3/t9-,10+,11-,15+,16-,17+/m1/s1. The molecule has 2 aliphatic carbocycles. The highest BCUT2D eigenvalue weighted by Crippen LogP contribution is 2.75.